The average Bonchev–Trinajstić information content (AvgIpc) is 2.89. The fourth-order valence-electron chi connectivity index (χ4n) is 2.35. The minimum absolute atomic E-state index is 0.0286. The molecule has 0 fully saturated rings. The van der Waals surface area contributed by atoms with E-state index in [2.05, 4.69) is 4.98 Å². The van der Waals surface area contributed by atoms with E-state index in [4.69, 9.17) is 13.9 Å². The van der Waals surface area contributed by atoms with E-state index < -0.39 is 5.97 Å². The summed E-state index contributed by atoms with van der Waals surface area (Å²) >= 11 is 0. The Bertz CT molecular complexity index is 821. The van der Waals surface area contributed by atoms with Crippen molar-refractivity contribution in [3.8, 4) is 11.5 Å². The molecule has 3 rings (SSSR count). The van der Waals surface area contributed by atoms with Gasteiger partial charge in [-0.25, -0.2) is 4.79 Å². The largest absolute Gasteiger partial charge is 0.495 e. The molecule has 0 bridgehead atoms. The first kappa shape index (κ1) is 12.3. The maximum atomic E-state index is 11.3. The number of benzene rings is 1. The third kappa shape index (κ3) is 1.51. The normalized spacial score (nSPS) is 10.9. The van der Waals surface area contributed by atoms with Gasteiger partial charge >= 0.3 is 5.97 Å². The zero-order valence-electron chi connectivity index (χ0n) is 10.8. The van der Waals surface area contributed by atoms with Crippen LogP contribution in [0.3, 0.4) is 0 Å². The number of aromatic nitrogens is 1. The molecule has 102 valence electrons. The van der Waals surface area contributed by atoms with Crippen molar-refractivity contribution in [2.75, 3.05) is 14.2 Å². The first-order valence-electron chi connectivity index (χ1n) is 5.81. The molecule has 20 heavy (non-hydrogen) atoms. The lowest BCUT2D eigenvalue weighted by Crippen LogP contribution is -1.97. The Labute approximate surface area is 113 Å². The van der Waals surface area contributed by atoms with Crippen molar-refractivity contribution >= 4 is 27.7 Å². The second-order valence-electron chi connectivity index (χ2n) is 4.15. The summed E-state index contributed by atoms with van der Waals surface area (Å²) in [6.07, 6.45) is 4.41. The standard InChI is InChI=1S/C14H11NO5/c1-18-11-8-5-15-4-3-7(8)12(19-2)13-10(11)9(6-20-13)14(16)17/h3-6H,1-2H3,(H,16,17). The van der Waals surface area contributed by atoms with Crippen molar-refractivity contribution in [2.24, 2.45) is 0 Å². The monoisotopic (exact) mass is 273 g/mol. The summed E-state index contributed by atoms with van der Waals surface area (Å²) < 4.78 is 16.1. The van der Waals surface area contributed by atoms with Crippen LogP contribution in [-0.4, -0.2) is 30.3 Å². The third-order valence-electron chi connectivity index (χ3n) is 3.17. The Balaban J connectivity index is 2.60. The number of furan rings is 1. The quantitative estimate of drug-likeness (QED) is 0.790. The van der Waals surface area contributed by atoms with Crippen LogP contribution in [0.5, 0.6) is 11.5 Å². The first-order valence-corrected chi connectivity index (χ1v) is 5.81. The molecule has 0 unspecified atom stereocenters. The van der Waals surface area contributed by atoms with Gasteiger partial charge in [-0.3, -0.25) is 4.98 Å². The van der Waals surface area contributed by atoms with Crippen LogP contribution in [0.2, 0.25) is 0 Å². The Kier molecular flexibility index (Phi) is 2.71. The molecule has 0 spiro atoms. The summed E-state index contributed by atoms with van der Waals surface area (Å²) in [5.74, 6) is -0.215. The second kappa shape index (κ2) is 4.41. The second-order valence-corrected chi connectivity index (χ2v) is 4.15. The smallest absolute Gasteiger partial charge is 0.339 e. The van der Waals surface area contributed by atoms with Gasteiger partial charge in [0.25, 0.3) is 0 Å². The zero-order valence-corrected chi connectivity index (χ0v) is 10.8. The highest BCUT2D eigenvalue weighted by Gasteiger charge is 2.24. The van der Waals surface area contributed by atoms with Crippen LogP contribution >= 0.6 is 0 Å². The number of fused-ring (bicyclic) bond motifs is 2. The van der Waals surface area contributed by atoms with Crippen molar-refractivity contribution in [3.05, 3.63) is 30.3 Å². The van der Waals surface area contributed by atoms with E-state index in [9.17, 15) is 9.90 Å². The number of pyridine rings is 1. The molecule has 2 heterocycles. The number of carboxylic acids is 1. The van der Waals surface area contributed by atoms with E-state index in [1.54, 1.807) is 18.5 Å². The minimum atomic E-state index is -1.09. The van der Waals surface area contributed by atoms with Gasteiger partial charge in [0, 0.05) is 23.2 Å². The van der Waals surface area contributed by atoms with Gasteiger partial charge in [-0.15, -0.1) is 0 Å². The van der Waals surface area contributed by atoms with Crippen molar-refractivity contribution in [3.63, 3.8) is 0 Å². The van der Waals surface area contributed by atoms with Crippen LogP contribution in [-0.2, 0) is 0 Å². The molecule has 2 aromatic heterocycles. The summed E-state index contributed by atoms with van der Waals surface area (Å²) in [6.45, 7) is 0. The molecule has 0 aliphatic carbocycles. The molecular formula is C14H11NO5. The van der Waals surface area contributed by atoms with Gasteiger partial charge in [0.15, 0.2) is 11.3 Å². The number of methoxy groups -OCH3 is 2. The molecule has 6 heteroatoms. The Morgan fingerprint density at radius 3 is 2.65 bits per heavy atom. The van der Waals surface area contributed by atoms with Crippen molar-refractivity contribution in [1.29, 1.82) is 0 Å². The molecule has 6 nitrogen and oxygen atoms in total. The van der Waals surface area contributed by atoms with Gasteiger partial charge in [-0.2, -0.15) is 0 Å². The number of carboxylic acid groups (broad SMARTS) is 1. The third-order valence-corrected chi connectivity index (χ3v) is 3.17. The SMILES string of the molecule is COc1c2ccncc2c(OC)c2c(C(=O)O)coc12. The van der Waals surface area contributed by atoms with Crippen molar-refractivity contribution in [2.45, 2.75) is 0 Å². The first-order chi connectivity index (χ1) is 9.69. The van der Waals surface area contributed by atoms with Crippen LogP contribution in [0.4, 0.5) is 0 Å². The van der Waals surface area contributed by atoms with Crippen LogP contribution in [0.25, 0.3) is 21.7 Å². The Morgan fingerprint density at radius 1 is 1.25 bits per heavy atom. The predicted octanol–water partition coefficient (Wildman–Crippen LogP) is 2.70. The van der Waals surface area contributed by atoms with E-state index in [0.29, 0.717) is 27.9 Å². The lowest BCUT2D eigenvalue weighted by atomic mass is 10.0. The molecule has 1 aromatic carbocycles. The number of rotatable bonds is 3. The Morgan fingerprint density at radius 2 is 2.00 bits per heavy atom. The highest BCUT2D eigenvalue weighted by Crippen LogP contribution is 2.44. The van der Waals surface area contributed by atoms with Gasteiger partial charge in [0.05, 0.1) is 19.6 Å². The number of hydrogen-bond acceptors (Lipinski definition) is 5. The minimum Gasteiger partial charge on any atom is -0.495 e. The molecule has 0 aliphatic rings. The van der Waals surface area contributed by atoms with E-state index in [1.807, 2.05) is 0 Å². The zero-order chi connectivity index (χ0) is 14.3. The van der Waals surface area contributed by atoms with Crippen LogP contribution in [0, 0.1) is 0 Å². The van der Waals surface area contributed by atoms with E-state index >= 15 is 0 Å². The van der Waals surface area contributed by atoms with Crippen molar-refractivity contribution in [1.82, 2.24) is 4.98 Å². The summed E-state index contributed by atoms with van der Waals surface area (Å²) in [5.41, 5.74) is 0.376. The number of aromatic carboxylic acids is 1. The van der Waals surface area contributed by atoms with E-state index in [-0.39, 0.29) is 5.56 Å². The van der Waals surface area contributed by atoms with Gasteiger partial charge in [-0.1, -0.05) is 0 Å². The van der Waals surface area contributed by atoms with Gasteiger partial charge in [0.1, 0.15) is 17.6 Å². The summed E-state index contributed by atoms with van der Waals surface area (Å²) in [4.78, 5) is 15.4. The fraction of sp³-hybridized carbons (Fsp3) is 0.143. The number of hydrogen-bond donors (Lipinski definition) is 1. The van der Waals surface area contributed by atoms with Gasteiger partial charge in [0.2, 0.25) is 0 Å². The predicted molar refractivity (Wildman–Crippen MR) is 71.6 cm³/mol. The van der Waals surface area contributed by atoms with E-state index in [0.717, 1.165) is 5.39 Å². The molecule has 0 saturated heterocycles. The van der Waals surface area contributed by atoms with E-state index in [1.165, 1.54) is 20.5 Å². The topological polar surface area (TPSA) is 81.8 Å². The maximum Gasteiger partial charge on any atom is 0.339 e. The lowest BCUT2D eigenvalue weighted by molar-refractivity contribution is 0.0698. The molecule has 0 aliphatic heterocycles. The lowest BCUT2D eigenvalue weighted by Gasteiger charge is -2.11. The summed E-state index contributed by atoms with van der Waals surface area (Å²) in [6, 6.07) is 1.76. The number of carbonyl (C=O) groups is 1. The highest BCUT2D eigenvalue weighted by atomic mass is 16.5. The maximum absolute atomic E-state index is 11.3. The highest BCUT2D eigenvalue weighted by molar-refractivity contribution is 6.15. The molecule has 1 N–H and O–H groups in total. The van der Waals surface area contributed by atoms with Crippen molar-refractivity contribution < 1.29 is 23.8 Å². The molecule has 0 saturated carbocycles. The summed E-state index contributed by atoms with van der Waals surface area (Å²) in [7, 11) is 2.98. The Hall–Kier alpha value is -2.76. The van der Waals surface area contributed by atoms with Crippen LogP contribution in [0.15, 0.2) is 29.1 Å². The molecule has 0 amide bonds. The van der Waals surface area contributed by atoms with Gasteiger partial charge in [-0.05, 0) is 6.07 Å². The summed E-state index contributed by atoms with van der Waals surface area (Å²) in [5, 5.41) is 11.0. The molecule has 3 aromatic rings. The average molecular weight is 273 g/mol. The fourth-order valence-corrected chi connectivity index (χ4v) is 2.35. The molecule has 0 radical (unpaired) electrons. The van der Waals surface area contributed by atoms with Gasteiger partial charge < -0.3 is 19.0 Å². The van der Waals surface area contributed by atoms with Crippen LogP contribution in [0.1, 0.15) is 10.4 Å². The number of nitrogens with zero attached hydrogens (tertiary/aromatic N) is 1. The molecular weight excluding hydrogens is 262 g/mol. The van der Waals surface area contributed by atoms with Crippen LogP contribution < -0.4 is 9.47 Å². The number of ether oxygens (including phenoxy) is 2. The molecule has 0 atom stereocenters.